The third-order valence-electron chi connectivity index (χ3n) is 12.7. The molecule has 0 amide bonds. The number of carbonyl (C=O) groups excluding carboxylic acids is 3. The van der Waals surface area contributed by atoms with Crippen molar-refractivity contribution in [2.45, 2.75) is 264 Å². The minimum atomic E-state index is -0.808. The third kappa shape index (κ3) is 61.9. The predicted octanol–water partition coefficient (Wildman–Crippen LogP) is 21.7. The van der Waals surface area contributed by atoms with Crippen molar-refractivity contribution >= 4 is 17.9 Å². The summed E-state index contributed by atoms with van der Waals surface area (Å²) in [5, 5.41) is 0. The van der Waals surface area contributed by atoms with E-state index in [1.54, 1.807) is 0 Å². The lowest BCUT2D eigenvalue weighted by molar-refractivity contribution is -0.167. The molecule has 0 N–H and O–H groups in total. The molecule has 1 atom stereocenters. The molecule has 0 bridgehead atoms. The van der Waals surface area contributed by atoms with Crippen LogP contribution in [0.15, 0.2) is 158 Å². The zero-order valence-electron chi connectivity index (χ0n) is 50.1. The Bertz CT molecular complexity index is 1760. The molecule has 0 aliphatic rings. The normalized spacial score (nSPS) is 13.2. The largest absolute Gasteiger partial charge is 0.462 e. The Morgan fingerprint density at radius 2 is 0.500 bits per heavy atom. The van der Waals surface area contributed by atoms with Crippen LogP contribution in [-0.2, 0) is 28.6 Å². The van der Waals surface area contributed by atoms with Crippen LogP contribution in [0.25, 0.3) is 0 Å². The van der Waals surface area contributed by atoms with Crippen LogP contribution in [0, 0.1) is 0 Å². The highest BCUT2D eigenvalue weighted by Crippen LogP contribution is 2.14. The molecule has 0 aliphatic carbocycles. The van der Waals surface area contributed by atoms with E-state index in [4.69, 9.17) is 14.2 Å². The molecule has 0 saturated carbocycles. The molecule has 0 aromatic heterocycles. The first-order chi connectivity index (χ1) is 38.5. The van der Waals surface area contributed by atoms with Gasteiger partial charge in [0.15, 0.2) is 6.10 Å². The second kappa shape index (κ2) is 64.6. The summed E-state index contributed by atoms with van der Waals surface area (Å²) >= 11 is 0. The summed E-state index contributed by atoms with van der Waals surface area (Å²) < 4.78 is 16.8. The molecule has 0 rings (SSSR count). The first-order valence-electron chi connectivity index (χ1n) is 31.5. The maximum absolute atomic E-state index is 12.9. The number of hydrogen-bond acceptors (Lipinski definition) is 6. The maximum atomic E-state index is 12.9. The van der Waals surface area contributed by atoms with E-state index in [0.717, 1.165) is 167 Å². The molecule has 0 spiro atoms. The van der Waals surface area contributed by atoms with Gasteiger partial charge in [0.25, 0.3) is 0 Å². The molecular weight excluding hydrogens is 961 g/mol. The fraction of sp³-hybridized carbons (Fsp3) is 0.597. The summed E-state index contributed by atoms with van der Waals surface area (Å²) in [6.45, 7) is 6.30. The molecule has 438 valence electrons. The molecule has 0 fully saturated rings. The highest BCUT2D eigenvalue weighted by Gasteiger charge is 2.19. The van der Waals surface area contributed by atoms with E-state index < -0.39 is 6.10 Å². The Morgan fingerprint density at radius 1 is 0.269 bits per heavy atom. The van der Waals surface area contributed by atoms with Crippen LogP contribution in [0.2, 0.25) is 0 Å². The van der Waals surface area contributed by atoms with Crippen molar-refractivity contribution in [1.29, 1.82) is 0 Å². The lowest BCUT2D eigenvalue weighted by Gasteiger charge is -2.18. The van der Waals surface area contributed by atoms with Gasteiger partial charge in [0.2, 0.25) is 0 Å². The summed E-state index contributed by atoms with van der Waals surface area (Å²) in [4.78, 5) is 38.2. The van der Waals surface area contributed by atoms with Crippen molar-refractivity contribution in [2.24, 2.45) is 0 Å². The minimum Gasteiger partial charge on any atom is -0.462 e. The number of allylic oxidation sites excluding steroid dienone is 26. The number of hydrogen-bond donors (Lipinski definition) is 0. The fourth-order valence-corrected chi connectivity index (χ4v) is 8.10. The monoisotopic (exact) mass is 1070 g/mol. The Hall–Kier alpha value is -4.97. The second-order valence-corrected chi connectivity index (χ2v) is 20.2. The van der Waals surface area contributed by atoms with Gasteiger partial charge in [-0.3, -0.25) is 14.4 Å². The number of carbonyl (C=O) groups is 3. The number of unbranched alkanes of at least 4 members (excludes halogenated alkanes) is 18. The highest BCUT2D eigenvalue weighted by atomic mass is 16.6. The average Bonchev–Trinajstić information content (AvgIpc) is 3.44. The molecule has 6 nitrogen and oxygen atoms in total. The SMILES string of the molecule is CC/C=C\C/C=C\C/C=C\C/C=C\C/C=C\C/C=C\C/C=C\CCCCCCCCCCCC(=O)OCC(COC(=O)CCCCCCC/C=C\CCC)OC(=O)CCCCC/C=C\C/C=C\C/C=C\C/C=C\C/C=C\CC. The van der Waals surface area contributed by atoms with Crippen LogP contribution in [0.5, 0.6) is 0 Å². The van der Waals surface area contributed by atoms with Crippen molar-refractivity contribution < 1.29 is 28.6 Å². The van der Waals surface area contributed by atoms with E-state index >= 15 is 0 Å². The quantitative estimate of drug-likeness (QED) is 0.0261. The van der Waals surface area contributed by atoms with Crippen LogP contribution in [0.1, 0.15) is 258 Å². The van der Waals surface area contributed by atoms with Crippen molar-refractivity contribution in [2.75, 3.05) is 13.2 Å². The molecule has 0 aromatic carbocycles. The van der Waals surface area contributed by atoms with Crippen LogP contribution >= 0.6 is 0 Å². The van der Waals surface area contributed by atoms with E-state index in [-0.39, 0.29) is 37.5 Å². The molecule has 0 saturated heterocycles. The van der Waals surface area contributed by atoms with Gasteiger partial charge in [0, 0.05) is 19.3 Å². The summed E-state index contributed by atoms with van der Waals surface area (Å²) in [5.41, 5.74) is 0. The topological polar surface area (TPSA) is 78.9 Å². The van der Waals surface area contributed by atoms with Crippen LogP contribution in [-0.4, -0.2) is 37.2 Å². The highest BCUT2D eigenvalue weighted by molar-refractivity contribution is 5.71. The van der Waals surface area contributed by atoms with Crippen molar-refractivity contribution in [1.82, 2.24) is 0 Å². The van der Waals surface area contributed by atoms with Gasteiger partial charge in [0.05, 0.1) is 0 Å². The zero-order chi connectivity index (χ0) is 56.4. The van der Waals surface area contributed by atoms with Crippen LogP contribution in [0.4, 0.5) is 0 Å². The second-order valence-electron chi connectivity index (χ2n) is 20.2. The van der Waals surface area contributed by atoms with E-state index in [1.165, 1.54) is 51.4 Å². The molecule has 0 aliphatic heterocycles. The van der Waals surface area contributed by atoms with Gasteiger partial charge < -0.3 is 14.2 Å². The molecule has 6 heteroatoms. The van der Waals surface area contributed by atoms with Gasteiger partial charge >= 0.3 is 17.9 Å². The number of ether oxygens (including phenoxy) is 3. The van der Waals surface area contributed by atoms with Crippen molar-refractivity contribution in [3.63, 3.8) is 0 Å². The van der Waals surface area contributed by atoms with Crippen molar-refractivity contribution in [3.05, 3.63) is 158 Å². The molecule has 0 radical (unpaired) electrons. The Balaban J connectivity index is 4.31. The smallest absolute Gasteiger partial charge is 0.306 e. The van der Waals surface area contributed by atoms with Gasteiger partial charge in [0.1, 0.15) is 13.2 Å². The molecule has 0 heterocycles. The standard InChI is InChI=1S/C72H114O6/c1-4-7-10-13-16-19-22-24-26-28-30-31-32-33-34-35-36-37-38-39-40-41-43-44-46-48-50-53-56-59-62-65-71(74)77-68-69(67-76-70(73)64-61-58-55-52-21-18-15-12-9-6-3)78-72(75)66-63-60-57-54-51-49-47-45-42-29-27-25-23-20-17-14-11-8-5-2/h7-8,10-12,15-17,19-20,24-27,30-31,33-34,36-37,39-40,42,45,49,51,69H,4-6,9,13-14,18,21-23,28-29,32,35,38,41,43-44,46-48,50,52-68H2,1-3H3/b10-7-,11-8-,15-12-,19-16-,20-17-,26-24-,27-25-,31-30-,34-33-,37-36-,40-39-,45-42-,51-49-. The van der Waals surface area contributed by atoms with Gasteiger partial charge in [-0.25, -0.2) is 0 Å². The Morgan fingerprint density at radius 3 is 0.808 bits per heavy atom. The molecule has 0 aromatic rings. The molecule has 1 unspecified atom stereocenters. The van der Waals surface area contributed by atoms with Crippen LogP contribution < -0.4 is 0 Å². The number of esters is 3. The van der Waals surface area contributed by atoms with Gasteiger partial charge in [-0.05, 0) is 141 Å². The van der Waals surface area contributed by atoms with E-state index in [9.17, 15) is 14.4 Å². The number of rotatable bonds is 55. The van der Waals surface area contributed by atoms with Crippen molar-refractivity contribution in [3.8, 4) is 0 Å². The van der Waals surface area contributed by atoms with Crippen LogP contribution in [0.3, 0.4) is 0 Å². The average molecular weight is 1080 g/mol. The van der Waals surface area contributed by atoms with E-state index in [1.807, 2.05) is 0 Å². The van der Waals surface area contributed by atoms with Gasteiger partial charge in [-0.1, -0.05) is 256 Å². The Labute approximate surface area is 480 Å². The predicted molar refractivity (Wildman–Crippen MR) is 338 cm³/mol. The summed E-state index contributed by atoms with van der Waals surface area (Å²) in [5.74, 6) is -0.957. The summed E-state index contributed by atoms with van der Waals surface area (Å²) in [7, 11) is 0. The van der Waals surface area contributed by atoms with Gasteiger partial charge in [-0.15, -0.1) is 0 Å². The molecule has 78 heavy (non-hydrogen) atoms. The first kappa shape index (κ1) is 73.0. The van der Waals surface area contributed by atoms with Gasteiger partial charge in [-0.2, -0.15) is 0 Å². The maximum Gasteiger partial charge on any atom is 0.306 e. The first-order valence-corrected chi connectivity index (χ1v) is 31.5. The van der Waals surface area contributed by atoms with E-state index in [2.05, 4.69) is 179 Å². The Kier molecular flexibility index (Phi) is 60.4. The minimum absolute atomic E-state index is 0.103. The lowest BCUT2D eigenvalue weighted by Crippen LogP contribution is -2.30. The van der Waals surface area contributed by atoms with E-state index in [0.29, 0.717) is 12.8 Å². The third-order valence-corrected chi connectivity index (χ3v) is 12.7. The summed E-state index contributed by atoms with van der Waals surface area (Å²) in [6, 6.07) is 0. The zero-order valence-corrected chi connectivity index (χ0v) is 50.1. The summed E-state index contributed by atoms with van der Waals surface area (Å²) in [6.07, 6.45) is 94.0. The fourth-order valence-electron chi connectivity index (χ4n) is 8.10. The lowest BCUT2D eigenvalue weighted by atomic mass is 10.1. The molecular formula is C72H114O6.